The van der Waals surface area contributed by atoms with Gasteiger partial charge in [0.25, 0.3) is 0 Å². The average Bonchev–Trinajstić information content (AvgIpc) is 2.03. The number of nitrogens with one attached hydrogen (secondary N) is 1. The summed E-state index contributed by atoms with van der Waals surface area (Å²) in [7, 11) is 0. The van der Waals surface area contributed by atoms with E-state index in [9.17, 15) is 0 Å². The summed E-state index contributed by atoms with van der Waals surface area (Å²) in [6, 6.07) is -0.0489. The largest absolute Gasteiger partial charge is 0.409 e. The molecule has 0 aliphatic carbocycles. The maximum absolute atomic E-state index is 8.28. The van der Waals surface area contributed by atoms with E-state index in [0.29, 0.717) is 0 Å². The van der Waals surface area contributed by atoms with Gasteiger partial charge in [0.05, 0.1) is 6.04 Å². The van der Waals surface area contributed by atoms with Gasteiger partial charge < -0.3 is 16.3 Å². The number of hydrogen-bond donors (Lipinski definition) is 3. The van der Waals surface area contributed by atoms with Crippen LogP contribution in [0.25, 0.3) is 0 Å². The van der Waals surface area contributed by atoms with Crippen molar-refractivity contribution in [1.82, 2.24) is 5.32 Å². The van der Waals surface area contributed by atoms with Gasteiger partial charge in [-0.15, -0.1) is 0 Å². The fraction of sp³-hybridized carbons (Fsp3) is 0.833. The number of hydrogen-bond acceptors (Lipinski definition) is 4. The van der Waals surface area contributed by atoms with Crippen LogP contribution in [-0.2, 0) is 0 Å². The zero-order valence-corrected chi connectivity index (χ0v) is 7.69. The maximum atomic E-state index is 8.28. The van der Waals surface area contributed by atoms with Gasteiger partial charge in [-0.1, -0.05) is 5.16 Å². The van der Waals surface area contributed by atoms with Crippen LogP contribution < -0.4 is 11.1 Å². The standard InChI is InChI=1S/C6H15N3OS/c1-5(6(7)9-10)8-3-4-11-2/h5,8,10H,3-4H2,1-2H3,(H2,7,9). The minimum Gasteiger partial charge on any atom is -0.409 e. The number of rotatable bonds is 5. The van der Waals surface area contributed by atoms with E-state index in [1.54, 1.807) is 11.8 Å². The predicted octanol–water partition coefficient (Wildman–Crippen LogP) is 0.0739. The zero-order chi connectivity index (χ0) is 8.69. The van der Waals surface area contributed by atoms with E-state index < -0.39 is 0 Å². The van der Waals surface area contributed by atoms with Gasteiger partial charge in [0, 0.05) is 12.3 Å². The number of nitrogens with two attached hydrogens (primary N) is 1. The fourth-order valence-electron chi connectivity index (χ4n) is 0.569. The van der Waals surface area contributed by atoms with Crippen molar-refractivity contribution in [3.8, 4) is 0 Å². The quantitative estimate of drug-likeness (QED) is 0.183. The lowest BCUT2D eigenvalue weighted by molar-refractivity contribution is 0.315. The van der Waals surface area contributed by atoms with Gasteiger partial charge in [-0.25, -0.2) is 0 Å². The molecule has 0 aromatic rings. The second-order valence-corrected chi connectivity index (χ2v) is 3.18. The number of oxime groups is 1. The summed E-state index contributed by atoms with van der Waals surface area (Å²) in [6.45, 7) is 2.73. The van der Waals surface area contributed by atoms with Gasteiger partial charge in [0.1, 0.15) is 0 Å². The molecule has 0 aromatic heterocycles. The molecule has 0 saturated heterocycles. The third-order valence-electron chi connectivity index (χ3n) is 1.32. The first-order chi connectivity index (χ1) is 5.22. The molecule has 0 rings (SSSR count). The molecule has 4 N–H and O–H groups in total. The van der Waals surface area contributed by atoms with Crippen molar-refractivity contribution in [3.63, 3.8) is 0 Å². The molecule has 0 aliphatic heterocycles. The smallest absolute Gasteiger partial charge is 0.156 e. The molecule has 0 saturated carbocycles. The summed E-state index contributed by atoms with van der Waals surface area (Å²) in [5.74, 6) is 1.26. The summed E-state index contributed by atoms with van der Waals surface area (Å²) in [4.78, 5) is 0. The normalized spacial score (nSPS) is 14.9. The molecular formula is C6H15N3OS. The lowest BCUT2D eigenvalue weighted by atomic mass is 10.3. The maximum Gasteiger partial charge on any atom is 0.156 e. The molecule has 0 radical (unpaired) electrons. The molecule has 0 aromatic carbocycles. The summed E-state index contributed by atoms with van der Waals surface area (Å²) in [6.07, 6.45) is 2.04. The van der Waals surface area contributed by atoms with Crippen LogP contribution in [-0.4, -0.2) is 35.6 Å². The number of nitrogens with zero attached hydrogens (tertiary/aromatic N) is 1. The van der Waals surface area contributed by atoms with Crippen LogP contribution in [0.5, 0.6) is 0 Å². The highest BCUT2D eigenvalue weighted by molar-refractivity contribution is 7.98. The molecule has 1 unspecified atom stereocenters. The first kappa shape index (κ1) is 10.6. The molecule has 0 spiro atoms. The minimum atomic E-state index is -0.0489. The molecule has 0 amide bonds. The summed E-state index contributed by atoms with van der Waals surface area (Å²) >= 11 is 1.76. The Bertz CT molecular complexity index is 129. The lowest BCUT2D eigenvalue weighted by Gasteiger charge is -2.10. The van der Waals surface area contributed by atoms with Gasteiger partial charge in [0.2, 0.25) is 0 Å². The SMILES string of the molecule is CSCCNC(C)C(N)=NO. The Morgan fingerprint density at radius 1 is 1.82 bits per heavy atom. The van der Waals surface area contributed by atoms with Crippen LogP contribution in [0, 0.1) is 0 Å². The average molecular weight is 177 g/mol. The number of amidine groups is 1. The van der Waals surface area contributed by atoms with Crippen LogP contribution in [0.2, 0.25) is 0 Å². The molecule has 11 heavy (non-hydrogen) atoms. The van der Waals surface area contributed by atoms with E-state index in [1.165, 1.54) is 0 Å². The van der Waals surface area contributed by atoms with Crippen molar-refractivity contribution in [3.05, 3.63) is 0 Å². The molecule has 0 fully saturated rings. The predicted molar refractivity (Wildman–Crippen MR) is 49.3 cm³/mol. The molecule has 0 aliphatic rings. The van der Waals surface area contributed by atoms with Crippen molar-refractivity contribution in [1.29, 1.82) is 0 Å². The third kappa shape index (κ3) is 4.92. The Labute approximate surface area is 71.2 Å². The molecule has 1 atom stereocenters. The van der Waals surface area contributed by atoms with Crippen LogP contribution in [0.4, 0.5) is 0 Å². The topological polar surface area (TPSA) is 70.6 Å². The van der Waals surface area contributed by atoms with Gasteiger partial charge in [0.15, 0.2) is 5.84 Å². The van der Waals surface area contributed by atoms with Crippen molar-refractivity contribution >= 4 is 17.6 Å². The van der Waals surface area contributed by atoms with E-state index in [0.717, 1.165) is 12.3 Å². The monoisotopic (exact) mass is 177 g/mol. The molecular weight excluding hydrogens is 162 g/mol. The van der Waals surface area contributed by atoms with E-state index in [1.807, 2.05) is 13.2 Å². The zero-order valence-electron chi connectivity index (χ0n) is 6.87. The Balaban J connectivity index is 3.44. The molecule has 5 heteroatoms. The summed E-state index contributed by atoms with van der Waals surface area (Å²) in [5, 5.41) is 14.3. The third-order valence-corrected chi connectivity index (χ3v) is 1.93. The van der Waals surface area contributed by atoms with Crippen LogP contribution in [0.3, 0.4) is 0 Å². The van der Waals surface area contributed by atoms with Crippen LogP contribution in [0.1, 0.15) is 6.92 Å². The minimum absolute atomic E-state index is 0.0489. The van der Waals surface area contributed by atoms with Crippen LogP contribution >= 0.6 is 11.8 Å². The van der Waals surface area contributed by atoms with E-state index in [-0.39, 0.29) is 11.9 Å². The molecule has 66 valence electrons. The molecule has 0 heterocycles. The Hall–Kier alpha value is -0.420. The number of thioether (sulfide) groups is 1. The van der Waals surface area contributed by atoms with Crippen LogP contribution in [0.15, 0.2) is 5.16 Å². The highest BCUT2D eigenvalue weighted by atomic mass is 32.2. The van der Waals surface area contributed by atoms with Crippen molar-refractivity contribution < 1.29 is 5.21 Å². The van der Waals surface area contributed by atoms with Crippen molar-refractivity contribution in [2.24, 2.45) is 10.9 Å². The first-order valence-corrected chi connectivity index (χ1v) is 4.81. The molecule has 0 bridgehead atoms. The van der Waals surface area contributed by atoms with E-state index in [4.69, 9.17) is 10.9 Å². The Kier molecular flexibility index (Phi) is 6.06. The van der Waals surface area contributed by atoms with Gasteiger partial charge in [-0.2, -0.15) is 11.8 Å². The Morgan fingerprint density at radius 2 is 2.45 bits per heavy atom. The van der Waals surface area contributed by atoms with Crippen molar-refractivity contribution in [2.45, 2.75) is 13.0 Å². The lowest BCUT2D eigenvalue weighted by Crippen LogP contribution is -2.39. The van der Waals surface area contributed by atoms with Gasteiger partial charge >= 0.3 is 0 Å². The van der Waals surface area contributed by atoms with Gasteiger partial charge in [-0.05, 0) is 13.2 Å². The fourth-order valence-corrected chi connectivity index (χ4v) is 0.891. The van der Waals surface area contributed by atoms with E-state index in [2.05, 4.69) is 10.5 Å². The highest BCUT2D eigenvalue weighted by Gasteiger charge is 2.04. The van der Waals surface area contributed by atoms with Crippen molar-refractivity contribution in [2.75, 3.05) is 18.6 Å². The summed E-state index contributed by atoms with van der Waals surface area (Å²) < 4.78 is 0. The second-order valence-electron chi connectivity index (χ2n) is 2.19. The first-order valence-electron chi connectivity index (χ1n) is 3.42. The molecule has 4 nitrogen and oxygen atoms in total. The van der Waals surface area contributed by atoms with E-state index >= 15 is 0 Å². The highest BCUT2D eigenvalue weighted by Crippen LogP contribution is 1.88. The second kappa shape index (κ2) is 6.30. The van der Waals surface area contributed by atoms with Gasteiger partial charge in [-0.3, -0.25) is 0 Å². The Morgan fingerprint density at radius 3 is 2.91 bits per heavy atom. The summed E-state index contributed by atoms with van der Waals surface area (Å²) in [5.41, 5.74) is 5.33.